The van der Waals surface area contributed by atoms with Gasteiger partial charge in [-0.25, -0.2) is 0 Å². The summed E-state index contributed by atoms with van der Waals surface area (Å²) in [5, 5.41) is 4.93. The van der Waals surface area contributed by atoms with Crippen molar-refractivity contribution in [3.05, 3.63) is 15.9 Å². The van der Waals surface area contributed by atoms with Gasteiger partial charge in [0.25, 0.3) is 0 Å². The number of hydrogen-bond donors (Lipinski definition) is 0. The Morgan fingerprint density at radius 2 is 2.05 bits per heavy atom. The predicted molar refractivity (Wildman–Crippen MR) is 93.9 cm³/mol. The molecule has 1 heterocycles. The monoisotopic (exact) mass is 374 g/mol. The van der Waals surface area contributed by atoms with Crippen LogP contribution in [0.1, 0.15) is 58.3 Å². The van der Waals surface area contributed by atoms with Gasteiger partial charge in [0.1, 0.15) is 0 Å². The Morgan fingerprint density at radius 3 is 2.57 bits per heavy atom. The highest BCUT2D eigenvalue weighted by molar-refractivity contribution is 9.10. The summed E-state index contributed by atoms with van der Waals surface area (Å²) in [7, 11) is 2.05. The summed E-state index contributed by atoms with van der Waals surface area (Å²) in [6, 6.07) is 0. The molecular weight excluding hydrogens is 348 g/mol. The average Bonchev–Trinajstić information content (AvgIpc) is 2.65. The zero-order valence-corrected chi connectivity index (χ0v) is 16.3. The summed E-state index contributed by atoms with van der Waals surface area (Å²) < 4.78 is 3.23. The SMILES string of the molecule is CCc1nn(C)c(CC(C)(C)C2CCC(C)CC2Cl)c1Br. The molecule has 0 N–H and O–H groups in total. The topological polar surface area (TPSA) is 17.8 Å². The molecule has 2 nitrogen and oxygen atoms in total. The average molecular weight is 376 g/mol. The maximum Gasteiger partial charge on any atom is 0.0766 e. The molecule has 21 heavy (non-hydrogen) atoms. The summed E-state index contributed by atoms with van der Waals surface area (Å²) in [5.41, 5.74) is 2.66. The van der Waals surface area contributed by atoms with Gasteiger partial charge in [-0.1, -0.05) is 34.1 Å². The third-order valence-electron chi connectivity index (χ3n) is 5.16. The summed E-state index contributed by atoms with van der Waals surface area (Å²) in [5.74, 6) is 1.36. The molecule has 3 atom stereocenters. The van der Waals surface area contributed by atoms with Crippen molar-refractivity contribution in [1.29, 1.82) is 0 Å². The Kier molecular flexibility index (Phi) is 5.46. The van der Waals surface area contributed by atoms with Crippen LogP contribution in [0.2, 0.25) is 0 Å². The second-order valence-corrected chi connectivity index (χ2v) is 8.74. The Morgan fingerprint density at radius 1 is 1.38 bits per heavy atom. The van der Waals surface area contributed by atoms with E-state index >= 15 is 0 Å². The van der Waals surface area contributed by atoms with Crippen LogP contribution in [-0.4, -0.2) is 15.2 Å². The third kappa shape index (κ3) is 3.67. The smallest absolute Gasteiger partial charge is 0.0766 e. The standard InChI is InChI=1S/C17H28BrClN2/c1-6-14-16(18)15(21(5)20-14)10-17(3,4)12-8-7-11(2)9-13(12)19/h11-13H,6-10H2,1-5H3. The van der Waals surface area contributed by atoms with Crippen LogP contribution in [-0.2, 0) is 19.9 Å². The van der Waals surface area contributed by atoms with Crippen molar-refractivity contribution in [3.63, 3.8) is 0 Å². The lowest BCUT2D eigenvalue weighted by molar-refractivity contribution is 0.139. The van der Waals surface area contributed by atoms with Crippen LogP contribution < -0.4 is 0 Å². The lowest BCUT2D eigenvalue weighted by atomic mass is 9.67. The summed E-state index contributed by atoms with van der Waals surface area (Å²) >= 11 is 10.5. The van der Waals surface area contributed by atoms with Crippen molar-refractivity contribution in [2.75, 3.05) is 0 Å². The number of hydrogen-bond acceptors (Lipinski definition) is 1. The molecule has 0 radical (unpaired) electrons. The molecule has 2 rings (SSSR count). The van der Waals surface area contributed by atoms with Gasteiger partial charge in [0.2, 0.25) is 0 Å². The van der Waals surface area contributed by atoms with Crippen molar-refractivity contribution >= 4 is 27.5 Å². The molecule has 1 aliphatic rings. The van der Waals surface area contributed by atoms with E-state index in [-0.39, 0.29) is 5.41 Å². The number of halogens is 2. The van der Waals surface area contributed by atoms with Gasteiger partial charge in [0.15, 0.2) is 0 Å². The molecule has 1 aliphatic carbocycles. The Hall–Kier alpha value is -0.0200. The summed E-state index contributed by atoms with van der Waals surface area (Å²) in [6.45, 7) is 9.21. The molecule has 0 aromatic carbocycles. The van der Waals surface area contributed by atoms with E-state index in [1.54, 1.807) is 0 Å². The molecule has 4 heteroatoms. The van der Waals surface area contributed by atoms with Gasteiger partial charge in [-0.15, -0.1) is 11.6 Å². The Balaban J connectivity index is 2.19. The first-order valence-electron chi connectivity index (χ1n) is 8.10. The molecule has 1 aromatic heterocycles. The zero-order chi connectivity index (χ0) is 15.8. The molecule has 1 saturated carbocycles. The van der Waals surface area contributed by atoms with Crippen LogP contribution in [0.25, 0.3) is 0 Å². The van der Waals surface area contributed by atoms with Gasteiger partial charge in [-0.3, -0.25) is 4.68 Å². The number of aromatic nitrogens is 2. The van der Waals surface area contributed by atoms with Gasteiger partial charge in [0, 0.05) is 12.4 Å². The fraction of sp³-hybridized carbons (Fsp3) is 0.824. The fourth-order valence-corrected chi connectivity index (χ4v) is 5.29. The third-order valence-corrected chi connectivity index (χ3v) is 6.56. The minimum atomic E-state index is 0.202. The summed E-state index contributed by atoms with van der Waals surface area (Å²) in [4.78, 5) is 0. The van der Waals surface area contributed by atoms with Gasteiger partial charge in [0.05, 0.1) is 15.9 Å². The summed E-state index contributed by atoms with van der Waals surface area (Å²) in [6.07, 6.45) is 5.71. The molecular formula is C17H28BrClN2. The normalized spacial score (nSPS) is 27.1. The van der Waals surface area contributed by atoms with Crippen molar-refractivity contribution in [1.82, 2.24) is 9.78 Å². The number of aryl methyl sites for hydroxylation is 2. The maximum atomic E-state index is 6.71. The molecule has 0 saturated heterocycles. The lowest BCUT2D eigenvalue weighted by Gasteiger charge is -2.42. The first-order valence-corrected chi connectivity index (χ1v) is 9.33. The molecule has 1 fully saturated rings. The van der Waals surface area contributed by atoms with Gasteiger partial charge >= 0.3 is 0 Å². The molecule has 0 aliphatic heterocycles. The number of nitrogens with zero attached hydrogens (tertiary/aromatic N) is 2. The van der Waals surface area contributed by atoms with Gasteiger partial charge < -0.3 is 0 Å². The number of alkyl halides is 1. The second-order valence-electron chi connectivity index (χ2n) is 7.39. The predicted octanol–water partition coefficient (Wildman–Crippen LogP) is 5.36. The molecule has 0 amide bonds. The van der Waals surface area contributed by atoms with Gasteiger partial charge in [-0.05, 0) is 58.9 Å². The molecule has 1 aromatic rings. The van der Waals surface area contributed by atoms with E-state index in [9.17, 15) is 0 Å². The largest absolute Gasteiger partial charge is 0.271 e. The highest BCUT2D eigenvalue weighted by atomic mass is 79.9. The lowest BCUT2D eigenvalue weighted by Crippen LogP contribution is -2.37. The van der Waals surface area contributed by atoms with Crippen molar-refractivity contribution in [3.8, 4) is 0 Å². The molecule has 0 bridgehead atoms. The van der Waals surface area contributed by atoms with Crippen LogP contribution in [0.3, 0.4) is 0 Å². The van der Waals surface area contributed by atoms with Crippen LogP contribution in [0.4, 0.5) is 0 Å². The first kappa shape index (κ1) is 17.3. The fourth-order valence-electron chi connectivity index (χ4n) is 3.77. The Bertz CT molecular complexity index is 495. The highest BCUT2D eigenvalue weighted by Crippen LogP contribution is 2.45. The van der Waals surface area contributed by atoms with Crippen molar-refractivity contribution < 1.29 is 0 Å². The maximum absolute atomic E-state index is 6.71. The quantitative estimate of drug-likeness (QED) is 0.648. The number of rotatable bonds is 4. The minimum absolute atomic E-state index is 0.202. The highest BCUT2D eigenvalue weighted by Gasteiger charge is 2.39. The first-order chi connectivity index (χ1) is 9.76. The van der Waals surface area contributed by atoms with E-state index < -0.39 is 0 Å². The van der Waals surface area contributed by atoms with Crippen LogP contribution >= 0.6 is 27.5 Å². The van der Waals surface area contributed by atoms with E-state index in [2.05, 4.69) is 55.8 Å². The molecule has 3 unspecified atom stereocenters. The van der Waals surface area contributed by atoms with E-state index in [1.165, 1.54) is 23.0 Å². The van der Waals surface area contributed by atoms with E-state index in [0.29, 0.717) is 11.3 Å². The zero-order valence-electron chi connectivity index (χ0n) is 13.9. The van der Waals surface area contributed by atoms with Crippen LogP contribution in [0.15, 0.2) is 4.47 Å². The van der Waals surface area contributed by atoms with E-state index in [0.717, 1.165) is 30.9 Å². The molecule has 120 valence electrons. The van der Waals surface area contributed by atoms with E-state index in [1.807, 2.05) is 4.68 Å². The van der Waals surface area contributed by atoms with Crippen LogP contribution in [0.5, 0.6) is 0 Å². The molecule has 0 spiro atoms. The van der Waals surface area contributed by atoms with Crippen molar-refractivity contribution in [2.24, 2.45) is 24.3 Å². The second kappa shape index (κ2) is 6.62. The van der Waals surface area contributed by atoms with Crippen molar-refractivity contribution in [2.45, 2.75) is 65.2 Å². The minimum Gasteiger partial charge on any atom is -0.271 e. The van der Waals surface area contributed by atoms with Gasteiger partial charge in [-0.2, -0.15) is 5.10 Å². The van der Waals surface area contributed by atoms with Crippen LogP contribution in [0, 0.1) is 17.3 Å². The van der Waals surface area contributed by atoms with E-state index in [4.69, 9.17) is 11.6 Å². The Labute approximate surface area is 142 Å².